The molecule has 0 heterocycles. The molecule has 8 heavy (non-hydrogen) atoms. The molecule has 0 radical (unpaired) electrons. The molecule has 0 aromatic heterocycles. The van der Waals surface area contributed by atoms with Crippen LogP contribution in [-0.4, -0.2) is 19.4 Å². The maximum Gasteiger partial charge on any atom is 0.150 e. The monoisotopic (exact) mass is 124 g/mol. The van der Waals surface area contributed by atoms with Crippen LogP contribution in [0, 0.1) is 0 Å². The first-order valence-electron chi connectivity index (χ1n) is 2.08. The Bertz CT molecular complexity index is 48.5. The van der Waals surface area contributed by atoms with E-state index in [4.69, 9.17) is 0 Å². The fourth-order valence-corrected chi connectivity index (χ4v) is 0.257. The molecule has 0 aromatic rings. The van der Waals surface area contributed by atoms with Crippen molar-refractivity contribution in [2.24, 2.45) is 11.8 Å². The molecule has 50 valence electrons. The van der Waals surface area contributed by atoms with E-state index in [1.54, 1.807) is 0 Å². The molecule has 5 heteroatoms. The van der Waals surface area contributed by atoms with Crippen LogP contribution in [-0.2, 0) is 9.68 Å². The van der Waals surface area contributed by atoms with E-state index >= 15 is 0 Å². The maximum atomic E-state index is 12.0. The second-order valence-corrected chi connectivity index (χ2v) is 1.26. The molecular formula is C3H9FN2O2. The molecule has 0 aliphatic heterocycles. The number of hydrogen-bond donors (Lipinski definition) is 2. The van der Waals surface area contributed by atoms with Gasteiger partial charge in [0.15, 0.2) is 6.17 Å². The molecule has 0 spiro atoms. The van der Waals surface area contributed by atoms with Gasteiger partial charge in [0.05, 0.1) is 0 Å². The molecule has 0 atom stereocenters. The molecule has 0 aliphatic rings. The van der Waals surface area contributed by atoms with Crippen molar-refractivity contribution in [3.8, 4) is 0 Å². The van der Waals surface area contributed by atoms with Gasteiger partial charge in [0, 0.05) is 0 Å². The molecule has 4 N–H and O–H groups in total. The Morgan fingerprint density at radius 3 is 1.88 bits per heavy atom. The largest absolute Gasteiger partial charge is 0.301 e. The van der Waals surface area contributed by atoms with E-state index in [0.29, 0.717) is 0 Å². The van der Waals surface area contributed by atoms with Gasteiger partial charge in [-0.3, -0.25) is 0 Å². The van der Waals surface area contributed by atoms with Crippen LogP contribution in [0.25, 0.3) is 0 Å². The van der Waals surface area contributed by atoms with Crippen LogP contribution < -0.4 is 11.8 Å². The van der Waals surface area contributed by atoms with Crippen LogP contribution >= 0.6 is 0 Å². The van der Waals surface area contributed by atoms with Crippen LogP contribution in [0.1, 0.15) is 0 Å². The van der Waals surface area contributed by atoms with E-state index < -0.39 is 6.17 Å². The van der Waals surface area contributed by atoms with Crippen LogP contribution in [0.2, 0.25) is 0 Å². The van der Waals surface area contributed by atoms with Crippen LogP contribution in [0.15, 0.2) is 0 Å². The quantitative estimate of drug-likeness (QED) is 0.477. The number of rotatable bonds is 4. The average molecular weight is 124 g/mol. The summed E-state index contributed by atoms with van der Waals surface area (Å²) in [7, 11) is 0. The minimum atomic E-state index is -1.23. The summed E-state index contributed by atoms with van der Waals surface area (Å²) in [6.45, 7) is -0.367. The van der Waals surface area contributed by atoms with Gasteiger partial charge in [-0.1, -0.05) is 0 Å². The van der Waals surface area contributed by atoms with Crippen molar-refractivity contribution in [2.45, 2.75) is 6.17 Å². The van der Waals surface area contributed by atoms with Crippen LogP contribution in [0.3, 0.4) is 0 Å². The highest BCUT2D eigenvalue weighted by molar-refractivity contribution is 4.48. The first-order chi connectivity index (χ1) is 3.81. The van der Waals surface area contributed by atoms with Gasteiger partial charge < -0.3 is 9.68 Å². The van der Waals surface area contributed by atoms with E-state index in [2.05, 4.69) is 21.5 Å². The number of hydrogen-bond acceptors (Lipinski definition) is 4. The smallest absolute Gasteiger partial charge is 0.150 e. The summed E-state index contributed by atoms with van der Waals surface area (Å²) < 4.78 is 12.0. The Labute approximate surface area is 46.4 Å². The zero-order chi connectivity index (χ0) is 6.41. The zero-order valence-electron chi connectivity index (χ0n) is 4.34. The summed E-state index contributed by atoms with van der Waals surface area (Å²) in [5.41, 5.74) is 0. The fraction of sp³-hybridized carbons (Fsp3) is 1.00. The first-order valence-corrected chi connectivity index (χ1v) is 2.08. The normalized spacial score (nSPS) is 10.5. The van der Waals surface area contributed by atoms with Crippen molar-refractivity contribution in [1.29, 1.82) is 0 Å². The van der Waals surface area contributed by atoms with Crippen molar-refractivity contribution in [2.75, 3.05) is 13.2 Å². The summed E-state index contributed by atoms with van der Waals surface area (Å²) in [5, 5.41) is 0. The lowest BCUT2D eigenvalue weighted by molar-refractivity contribution is 0.0209. The van der Waals surface area contributed by atoms with Gasteiger partial charge in [-0.2, -0.15) is 0 Å². The molecule has 0 saturated carbocycles. The van der Waals surface area contributed by atoms with E-state index in [9.17, 15) is 4.39 Å². The average Bonchev–Trinajstić information content (AvgIpc) is 1.68. The Kier molecular flexibility index (Phi) is 4.78. The van der Waals surface area contributed by atoms with Gasteiger partial charge in [-0.15, -0.1) is 0 Å². The second kappa shape index (κ2) is 4.92. The van der Waals surface area contributed by atoms with Crippen LogP contribution in [0.4, 0.5) is 4.39 Å². The minimum absolute atomic E-state index is 0.183. The third kappa shape index (κ3) is 3.94. The Hall–Kier alpha value is -0.230. The van der Waals surface area contributed by atoms with Gasteiger partial charge in [-0.05, 0) is 0 Å². The van der Waals surface area contributed by atoms with Crippen molar-refractivity contribution < 1.29 is 14.1 Å². The predicted octanol–water partition coefficient (Wildman–Crippen LogP) is -0.895. The number of halogens is 1. The van der Waals surface area contributed by atoms with E-state index in [0.717, 1.165) is 0 Å². The standard InChI is InChI=1S/C3H9FN2O2/c4-3(1-7-5)2-8-6/h3H,1-2,5-6H2. The topological polar surface area (TPSA) is 70.5 Å². The lowest BCUT2D eigenvalue weighted by Gasteiger charge is -2.01. The summed E-state index contributed by atoms with van der Waals surface area (Å²) in [4.78, 5) is 7.89. The molecule has 0 unspecified atom stereocenters. The molecule has 0 aliphatic carbocycles. The van der Waals surface area contributed by atoms with Crippen molar-refractivity contribution in [3.63, 3.8) is 0 Å². The molecule has 0 saturated heterocycles. The predicted molar refractivity (Wildman–Crippen MR) is 25.2 cm³/mol. The highest BCUT2D eigenvalue weighted by atomic mass is 19.1. The third-order valence-electron chi connectivity index (χ3n) is 0.554. The maximum absolute atomic E-state index is 12.0. The minimum Gasteiger partial charge on any atom is -0.301 e. The molecule has 0 amide bonds. The van der Waals surface area contributed by atoms with Gasteiger partial charge in [0.2, 0.25) is 0 Å². The SMILES string of the molecule is NOCC(F)CON. The van der Waals surface area contributed by atoms with E-state index in [-0.39, 0.29) is 13.2 Å². The van der Waals surface area contributed by atoms with E-state index in [1.165, 1.54) is 0 Å². The van der Waals surface area contributed by atoms with Crippen LogP contribution in [0.5, 0.6) is 0 Å². The summed E-state index contributed by atoms with van der Waals surface area (Å²) >= 11 is 0. The first kappa shape index (κ1) is 7.77. The summed E-state index contributed by atoms with van der Waals surface area (Å²) in [5.74, 6) is 9.05. The van der Waals surface area contributed by atoms with Crippen molar-refractivity contribution in [1.82, 2.24) is 0 Å². The summed E-state index contributed by atoms with van der Waals surface area (Å²) in [6.07, 6.45) is -1.23. The molecule has 0 fully saturated rings. The van der Waals surface area contributed by atoms with Gasteiger partial charge in [0.1, 0.15) is 13.2 Å². The third-order valence-corrected chi connectivity index (χ3v) is 0.554. The zero-order valence-corrected chi connectivity index (χ0v) is 4.34. The highest BCUT2D eigenvalue weighted by Gasteiger charge is 2.03. The Morgan fingerprint density at radius 2 is 1.62 bits per heavy atom. The lowest BCUT2D eigenvalue weighted by Crippen LogP contribution is -2.21. The second-order valence-electron chi connectivity index (χ2n) is 1.26. The lowest BCUT2D eigenvalue weighted by atomic mass is 10.4. The highest BCUT2D eigenvalue weighted by Crippen LogP contribution is 1.87. The molecule has 0 rings (SSSR count). The van der Waals surface area contributed by atoms with Gasteiger partial charge in [0.25, 0.3) is 0 Å². The summed E-state index contributed by atoms with van der Waals surface area (Å²) in [6, 6.07) is 0. The Balaban J connectivity index is 2.92. The van der Waals surface area contributed by atoms with Gasteiger partial charge in [-0.25, -0.2) is 16.2 Å². The van der Waals surface area contributed by atoms with E-state index in [1.807, 2.05) is 0 Å². The van der Waals surface area contributed by atoms with Gasteiger partial charge >= 0.3 is 0 Å². The van der Waals surface area contributed by atoms with Crippen molar-refractivity contribution >= 4 is 0 Å². The van der Waals surface area contributed by atoms with Crippen molar-refractivity contribution in [3.05, 3.63) is 0 Å². The molecule has 0 aromatic carbocycles. The fourth-order valence-electron chi connectivity index (χ4n) is 0.257. The molecular weight excluding hydrogens is 115 g/mol. The molecule has 0 bridgehead atoms. The Morgan fingerprint density at radius 1 is 1.25 bits per heavy atom. The number of alkyl halides is 1. The number of nitrogens with two attached hydrogens (primary N) is 2. The molecule has 4 nitrogen and oxygen atoms in total.